The van der Waals surface area contributed by atoms with Crippen LogP contribution in [0.25, 0.3) is 0 Å². The Balaban J connectivity index is 1.46. The van der Waals surface area contributed by atoms with Crippen molar-refractivity contribution in [2.75, 3.05) is 25.2 Å². The summed E-state index contributed by atoms with van der Waals surface area (Å²) in [4.78, 5) is 31.3. The maximum absolute atomic E-state index is 13.7. The number of rotatable bonds is 9. The van der Waals surface area contributed by atoms with Crippen molar-refractivity contribution >= 4 is 33.2 Å². The van der Waals surface area contributed by atoms with E-state index in [0.717, 1.165) is 6.07 Å². The number of nitrogens with one attached hydrogen (secondary N) is 1. The molecule has 1 aliphatic heterocycles. The number of hydrogen-bond acceptors (Lipinski definition) is 8. The van der Waals surface area contributed by atoms with Gasteiger partial charge in [-0.2, -0.15) is 0 Å². The summed E-state index contributed by atoms with van der Waals surface area (Å²) in [6.45, 7) is 0.987. The number of aromatic nitrogens is 1. The molecule has 1 saturated heterocycles. The summed E-state index contributed by atoms with van der Waals surface area (Å²) < 4.78 is 70.8. The van der Waals surface area contributed by atoms with Crippen molar-refractivity contribution in [3.8, 4) is 11.5 Å². The highest BCUT2D eigenvalue weighted by molar-refractivity contribution is 7.90. The van der Waals surface area contributed by atoms with Gasteiger partial charge in [-0.1, -0.05) is 0 Å². The summed E-state index contributed by atoms with van der Waals surface area (Å²) in [6, 6.07) is 15.7. The summed E-state index contributed by atoms with van der Waals surface area (Å²) in [7, 11) is -3.00. The molecule has 5 rings (SSSR count). The highest BCUT2D eigenvalue weighted by Crippen LogP contribution is 2.37. The number of ether oxygens (including phenoxy) is 3. The molecule has 2 amide bonds. The van der Waals surface area contributed by atoms with E-state index in [4.69, 9.17) is 14.2 Å². The van der Waals surface area contributed by atoms with E-state index >= 15 is 0 Å². The lowest BCUT2D eigenvalue weighted by molar-refractivity contribution is 0.0979. The van der Waals surface area contributed by atoms with E-state index in [1.807, 2.05) is 4.72 Å². The molecule has 0 aliphatic carbocycles. The van der Waals surface area contributed by atoms with E-state index in [-0.39, 0.29) is 17.2 Å². The van der Waals surface area contributed by atoms with Crippen LogP contribution in [0.5, 0.6) is 11.5 Å². The zero-order valence-corrected chi connectivity index (χ0v) is 23.5. The summed E-state index contributed by atoms with van der Waals surface area (Å²) in [5, 5.41) is 0. The topological polar surface area (TPSA) is 124 Å². The van der Waals surface area contributed by atoms with E-state index in [1.165, 1.54) is 48.7 Å². The second-order valence-corrected chi connectivity index (χ2v) is 11.1. The Hall–Kier alpha value is -4.88. The van der Waals surface area contributed by atoms with Crippen LogP contribution in [0, 0.1) is 11.6 Å². The smallest absolute Gasteiger partial charge is 0.264 e. The number of nitrogens with zero attached hydrogens (tertiary/aromatic N) is 2. The van der Waals surface area contributed by atoms with Crippen molar-refractivity contribution in [3.05, 3.63) is 108 Å². The van der Waals surface area contributed by atoms with Crippen LogP contribution in [-0.2, 0) is 14.8 Å². The van der Waals surface area contributed by atoms with Gasteiger partial charge in [-0.25, -0.2) is 21.9 Å². The maximum atomic E-state index is 13.7. The third kappa shape index (κ3) is 6.63. The minimum absolute atomic E-state index is 0.0660. The third-order valence-corrected chi connectivity index (χ3v) is 7.84. The predicted molar refractivity (Wildman–Crippen MR) is 151 cm³/mol. The SMILES string of the molecule is COc1ccc(N(C(=O)c2cccnc2)c2ccc(C(=O)NS(=O)(=O)c3ccc(F)c(F)c3)cc2)cc1O[C@@H]1CCOC1. The maximum Gasteiger partial charge on any atom is 0.264 e. The van der Waals surface area contributed by atoms with Gasteiger partial charge in [0, 0.05) is 36.1 Å². The van der Waals surface area contributed by atoms with Crippen LogP contribution in [-0.4, -0.2) is 51.6 Å². The molecule has 1 aromatic heterocycles. The van der Waals surface area contributed by atoms with Gasteiger partial charge >= 0.3 is 0 Å². The molecule has 0 radical (unpaired) electrons. The number of amides is 2. The average Bonchev–Trinajstić information content (AvgIpc) is 3.52. The Morgan fingerprint density at radius 3 is 2.37 bits per heavy atom. The summed E-state index contributed by atoms with van der Waals surface area (Å²) in [5.41, 5.74) is 0.976. The Bertz CT molecular complexity index is 1750. The van der Waals surface area contributed by atoms with Gasteiger partial charge in [0.2, 0.25) is 0 Å². The largest absolute Gasteiger partial charge is 0.493 e. The number of halogens is 2. The van der Waals surface area contributed by atoms with Gasteiger partial charge in [0.1, 0.15) is 6.10 Å². The molecule has 4 aromatic rings. The Morgan fingerprint density at radius 1 is 0.953 bits per heavy atom. The van der Waals surface area contributed by atoms with Gasteiger partial charge in [0.25, 0.3) is 21.8 Å². The molecular weight excluding hydrogens is 584 g/mol. The average molecular weight is 610 g/mol. The number of pyridine rings is 1. The van der Waals surface area contributed by atoms with E-state index in [1.54, 1.807) is 30.3 Å². The van der Waals surface area contributed by atoms with E-state index < -0.39 is 38.4 Å². The van der Waals surface area contributed by atoms with E-state index in [2.05, 4.69) is 4.98 Å². The molecule has 0 saturated carbocycles. The second kappa shape index (κ2) is 12.5. The van der Waals surface area contributed by atoms with Crippen molar-refractivity contribution in [1.82, 2.24) is 9.71 Å². The fourth-order valence-electron chi connectivity index (χ4n) is 4.33. The molecule has 0 bridgehead atoms. The van der Waals surface area contributed by atoms with Crippen LogP contribution >= 0.6 is 0 Å². The molecule has 10 nitrogen and oxygen atoms in total. The lowest BCUT2D eigenvalue weighted by Gasteiger charge is -2.25. The molecule has 222 valence electrons. The number of benzene rings is 3. The van der Waals surface area contributed by atoms with Gasteiger partial charge in [0.05, 0.1) is 36.5 Å². The van der Waals surface area contributed by atoms with Crippen LogP contribution in [0.1, 0.15) is 27.1 Å². The van der Waals surface area contributed by atoms with Gasteiger partial charge in [-0.3, -0.25) is 19.5 Å². The van der Waals surface area contributed by atoms with Crippen molar-refractivity contribution in [2.45, 2.75) is 17.4 Å². The first kappa shape index (κ1) is 29.6. The summed E-state index contributed by atoms with van der Waals surface area (Å²) in [5.74, 6) is -3.19. The molecule has 1 aliphatic rings. The van der Waals surface area contributed by atoms with Gasteiger partial charge in [-0.15, -0.1) is 0 Å². The van der Waals surface area contributed by atoms with Crippen LogP contribution in [0.2, 0.25) is 0 Å². The molecule has 1 atom stereocenters. The highest BCUT2D eigenvalue weighted by atomic mass is 32.2. The lowest BCUT2D eigenvalue weighted by Crippen LogP contribution is -2.31. The van der Waals surface area contributed by atoms with Crippen molar-refractivity contribution in [3.63, 3.8) is 0 Å². The zero-order valence-electron chi connectivity index (χ0n) is 22.7. The molecule has 1 fully saturated rings. The third-order valence-electron chi connectivity index (χ3n) is 6.51. The number of anilines is 2. The molecule has 2 heterocycles. The van der Waals surface area contributed by atoms with Crippen molar-refractivity contribution < 1.29 is 41.0 Å². The van der Waals surface area contributed by atoms with Crippen LogP contribution < -0.4 is 19.1 Å². The molecule has 0 unspecified atom stereocenters. The van der Waals surface area contributed by atoms with Crippen molar-refractivity contribution in [1.29, 1.82) is 0 Å². The van der Waals surface area contributed by atoms with Crippen molar-refractivity contribution in [2.24, 2.45) is 0 Å². The van der Waals surface area contributed by atoms with Gasteiger partial charge in [-0.05, 0) is 66.7 Å². The lowest BCUT2D eigenvalue weighted by atomic mass is 10.1. The first-order chi connectivity index (χ1) is 20.7. The van der Waals surface area contributed by atoms with E-state index in [9.17, 15) is 26.8 Å². The Morgan fingerprint density at radius 2 is 1.72 bits per heavy atom. The normalized spacial score (nSPS) is 14.6. The molecule has 0 spiro atoms. The minimum Gasteiger partial charge on any atom is -0.493 e. The molecule has 13 heteroatoms. The number of carbonyl (C=O) groups is 2. The first-order valence-corrected chi connectivity index (χ1v) is 14.4. The Kier molecular flexibility index (Phi) is 8.64. The van der Waals surface area contributed by atoms with Crippen LogP contribution in [0.15, 0.2) is 90.1 Å². The second-order valence-electron chi connectivity index (χ2n) is 9.38. The number of methoxy groups -OCH3 is 1. The number of carbonyl (C=O) groups excluding carboxylic acids is 2. The number of sulfonamides is 1. The molecule has 43 heavy (non-hydrogen) atoms. The fraction of sp³-hybridized carbons (Fsp3) is 0.167. The molecule has 1 N–H and O–H groups in total. The first-order valence-electron chi connectivity index (χ1n) is 13.0. The minimum atomic E-state index is -4.50. The van der Waals surface area contributed by atoms with Gasteiger partial charge < -0.3 is 14.2 Å². The zero-order chi connectivity index (χ0) is 30.6. The van der Waals surface area contributed by atoms with Crippen LogP contribution in [0.3, 0.4) is 0 Å². The fourth-order valence-corrected chi connectivity index (χ4v) is 5.32. The Labute approximate surface area is 245 Å². The monoisotopic (exact) mass is 609 g/mol. The molecular formula is C30H25F2N3O7S. The van der Waals surface area contributed by atoms with E-state index in [0.29, 0.717) is 54.6 Å². The summed E-state index contributed by atoms with van der Waals surface area (Å²) >= 11 is 0. The highest BCUT2D eigenvalue weighted by Gasteiger charge is 2.25. The van der Waals surface area contributed by atoms with Gasteiger partial charge in [0.15, 0.2) is 23.1 Å². The quantitative estimate of drug-likeness (QED) is 0.291. The predicted octanol–water partition coefficient (Wildman–Crippen LogP) is 4.63. The summed E-state index contributed by atoms with van der Waals surface area (Å²) in [6.07, 6.45) is 3.46. The standard InChI is InChI=1S/C30H25F2N3O7S/c1-40-27-11-8-22(15-28(27)42-23-12-14-41-18-23)35(30(37)20-3-2-13-33-17-20)21-6-4-19(5-7-21)29(36)34-43(38,39)24-9-10-25(31)26(32)16-24/h2-11,13,15-17,23H,12,14,18H2,1H3,(H,34,36)/t23-/m1/s1. The molecule has 3 aromatic carbocycles. The number of hydrogen-bond donors (Lipinski definition) is 1. The van der Waals surface area contributed by atoms with Crippen LogP contribution in [0.4, 0.5) is 20.2 Å².